The summed E-state index contributed by atoms with van der Waals surface area (Å²) in [6, 6.07) is 8.96. The lowest BCUT2D eigenvalue weighted by molar-refractivity contribution is -0.138. The standard InChI is InChI=1S/C14H13NO3S/c1-2-18-14(17)11-8-15-13(19-9-11)12(16)10-6-4-3-5-7-10/h3-8H,2,9H2,1H3. The minimum absolute atomic E-state index is 0.121. The van der Waals surface area contributed by atoms with Crippen LogP contribution in [0.1, 0.15) is 17.3 Å². The van der Waals surface area contributed by atoms with E-state index in [-0.39, 0.29) is 11.8 Å². The maximum absolute atomic E-state index is 12.1. The molecule has 0 bridgehead atoms. The van der Waals surface area contributed by atoms with Crippen molar-refractivity contribution >= 4 is 28.6 Å². The molecule has 5 heteroatoms. The third-order valence-corrected chi connectivity index (χ3v) is 3.49. The van der Waals surface area contributed by atoms with Gasteiger partial charge in [-0.25, -0.2) is 9.79 Å². The topological polar surface area (TPSA) is 55.7 Å². The highest BCUT2D eigenvalue weighted by Crippen LogP contribution is 2.20. The molecule has 0 fully saturated rings. The van der Waals surface area contributed by atoms with Crippen molar-refractivity contribution in [2.24, 2.45) is 4.99 Å². The Morgan fingerprint density at radius 3 is 2.63 bits per heavy atom. The summed E-state index contributed by atoms with van der Waals surface area (Å²) in [5.74, 6) is -0.0781. The second-order valence-corrected chi connectivity index (χ2v) is 4.76. The summed E-state index contributed by atoms with van der Waals surface area (Å²) >= 11 is 1.26. The molecule has 0 unspecified atom stereocenters. The fourth-order valence-corrected chi connectivity index (χ4v) is 2.39. The Hall–Kier alpha value is -1.88. The van der Waals surface area contributed by atoms with Gasteiger partial charge in [0.05, 0.1) is 12.2 Å². The minimum Gasteiger partial charge on any atom is -0.463 e. The second-order valence-electron chi connectivity index (χ2n) is 3.79. The molecule has 0 saturated carbocycles. The summed E-state index contributed by atoms with van der Waals surface area (Å²) in [6.45, 7) is 2.09. The van der Waals surface area contributed by atoms with Crippen LogP contribution < -0.4 is 0 Å². The predicted molar refractivity (Wildman–Crippen MR) is 75.4 cm³/mol. The average molecular weight is 275 g/mol. The largest absolute Gasteiger partial charge is 0.463 e. The summed E-state index contributed by atoms with van der Waals surface area (Å²) in [4.78, 5) is 27.6. The molecule has 0 saturated heterocycles. The van der Waals surface area contributed by atoms with Gasteiger partial charge in [-0.2, -0.15) is 0 Å². The molecule has 1 heterocycles. The van der Waals surface area contributed by atoms with Crippen molar-refractivity contribution < 1.29 is 14.3 Å². The monoisotopic (exact) mass is 275 g/mol. The molecular weight excluding hydrogens is 262 g/mol. The highest BCUT2D eigenvalue weighted by Gasteiger charge is 2.21. The van der Waals surface area contributed by atoms with Gasteiger partial charge in [-0.1, -0.05) is 42.1 Å². The van der Waals surface area contributed by atoms with Gasteiger partial charge in [-0.3, -0.25) is 4.79 Å². The second kappa shape index (κ2) is 6.33. The molecule has 1 aliphatic rings. The van der Waals surface area contributed by atoms with Crippen LogP contribution in [0.5, 0.6) is 0 Å². The summed E-state index contributed by atoms with van der Waals surface area (Å²) in [6.07, 6.45) is 1.42. The van der Waals surface area contributed by atoms with E-state index in [1.807, 2.05) is 6.07 Å². The van der Waals surface area contributed by atoms with E-state index in [9.17, 15) is 9.59 Å². The number of ether oxygens (including phenoxy) is 1. The van der Waals surface area contributed by atoms with Crippen LogP contribution in [0.15, 0.2) is 47.1 Å². The number of benzene rings is 1. The van der Waals surface area contributed by atoms with E-state index in [1.165, 1.54) is 18.0 Å². The van der Waals surface area contributed by atoms with Gasteiger partial charge in [0.15, 0.2) is 0 Å². The van der Waals surface area contributed by atoms with Gasteiger partial charge < -0.3 is 4.74 Å². The van der Waals surface area contributed by atoms with Gasteiger partial charge in [-0.05, 0) is 6.92 Å². The third-order valence-electron chi connectivity index (χ3n) is 2.47. The van der Waals surface area contributed by atoms with E-state index in [0.717, 1.165) is 0 Å². The van der Waals surface area contributed by atoms with Crippen molar-refractivity contribution in [1.29, 1.82) is 0 Å². The highest BCUT2D eigenvalue weighted by molar-refractivity contribution is 8.16. The number of esters is 1. The lowest BCUT2D eigenvalue weighted by Gasteiger charge is -2.11. The number of hydrogen-bond donors (Lipinski definition) is 0. The van der Waals surface area contributed by atoms with Crippen LogP contribution in [0.25, 0.3) is 0 Å². The summed E-state index contributed by atoms with van der Waals surface area (Å²) < 4.78 is 4.89. The van der Waals surface area contributed by atoms with Crippen molar-refractivity contribution in [1.82, 2.24) is 0 Å². The summed E-state index contributed by atoms with van der Waals surface area (Å²) in [5, 5.41) is 0.402. The molecular formula is C14H13NO3S. The van der Waals surface area contributed by atoms with Crippen molar-refractivity contribution in [3.05, 3.63) is 47.7 Å². The SMILES string of the molecule is CCOC(=O)C1=CN=C(C(=O)c2ccccc2)SC1. The Balaban J connectivity index is 2.12. The molecule has 0 radical (unpaired) electrons. The van der Waals surface area contributed by atoms with Gasteiger partial charge in [0.1, 0.15) is 5.04 Å². The number of thioether (sulfide) groups is 1. The Bertz CT molecular complexity index is 549. The first-order chi connectivity index (χ1) is 9.22. The predicted octanol–water partition coefficient (Wildman–Crippen LogP) is 2.46. The van der Waals surface area contributed by atoms with Gasteiger partial charge in [0.2, 0.25) is 5.78 Å². The number of rotatable bonds is 4. The van der Waals surface area contributed by atoms with Gasteiger partial charge in [0, 0.05) is 17.5 Å². The van der Waals surface area contributed by atoms with Crippen LogP contribution in [-0.4, -0.2) is 29.2 Å². The Kier molecular flexibility index (Phi) is 4.52. The van der Waals surface area contributed by atoms with Crippen LogP contribution in [0.3, 0.4) is 0 Å². The maximum Gasteiger partial charge on any atom is 0.336 e. The smallest absolute Gasteiger partial charge is 0.336 e. The van der Waals surface area contributed by atoms with Crippen LogP contribution >= 0.6 is 11.8 Å². The first kappa shape index (κ1) is 13.5. The van der Waals surface area contributed by atoms with E-state index < -0.39 is 0 Å². The Morgan fingerprint density at radius 2 is 2.05 bits per heavy atom. The fraction of sp³-hybridized carbons (Fsp3) is 0.214. The Morgan fingerprint density at radius 1 is 1.32 bits per heavy atom. The van der Waals surface area contributed by atoms with Crippen LogP contribution in [0.4, 0.5) is 0 Å². The van der Waals surface area contributed by atoms with Gasteiger partial charge in [0.25, 0.3) is 0 Å². The van der Waals surface area contributed by atoms with Crippen LogP contribution in [0.2, 0.25) is 0 Å². The molecule has 4 nitrogen and oxygen atoms in total. The molecule has 0 atom stereocenters. The van der Waals surface area contributed by atoms with Crippen molar-refractivity contribution in [2.75, 3.05) is 12.4 Å². The van der Waals surface area contributed by atoms with E-state index in [0.29, 0.717) is 28.5 Å². The molecule has 98 valence electrons. The molecule has 0 aliphatic carbocycles. The molecule has 0 N–H and O–H groups in total. The first-order valence-corrected chi connectivity index (χ1v) is 6.87. The number of hydrogen-bond acceptors (Lipinski definition) is 5. The Labute approximate surface area is 115 Å². The highest BCUT2D eigenvalue weighted by atomic mass is 32.2. The molecule has 19 heavy (non-hydrogen) atoms. The minimum atomic E-state index is -0.370. The average Bonchev–Trinajstić information content (AvgIpc) is 2.48. The lowest BCUT2D eigenvalue weighted by Crippen LogP contribution is -2.17. The number of ketones is 1. The van der Waals surface area contributed by atoms with Crippen molar-refractivity contribution in [3.63, 3.8) is 0 Å². The zero-order valence-corrected chi connectivity index (χ0v) is 11.3. The molecule has 1 aromatic carbocycles. The van der Waals surface area contributed by atoms with Crippen molar-refractivity contribution in [2.45, 2.75) is 6.92 Å². The van der Waals surface area contributed by atoms with Crippen LogP contribution in [0, 0.1) is 0 Å². The summed E-state index contributed by atoms with van der Waals surface area (Å²) in [7, 11) is 0. The number of Topliss-reactive ketones (excluding diaryl/α,β-unsaturated/α-hetero) is 1. The van der Waals surface area contributed by atoms with Crippen molar-refractivity contribution in [3.8, 4) is 0 Å². The molecule has 2 rings (SSSR count). The molecule has 1 aliphatic heterocycles. The molecule has 0 aromatic heterocycles. The third kappa shape index (κ3) is 3.32. The quantitative estimate of drug-likeness (QED) is 0.625. The van der Waals surface area contributed by atoms with E-state index in [2.05, 4.69) is 4.99 Å². The first-order valence-electron chi connectivity index (χ1n) is 5.89. The van der Waals surface area contributed by atoms with Gasteiger partial charge >= 0.3 is 5.97 Å². The number of carbonyl (C=O) groups is 2. The van der Waals surface area contributed by atoms with E-state index in [1.54, 1.807) is 31.2 Å². The number of nitrogens with zero attached hydrogens (tertiary/aromatic N) is 1. The molecule has 0 spiro atoms. The normalized spacial score (nSPS) is 14.4. The van der Waals surface area contributed by atoms with E-state index >= 15 is 0 Å². The number of carbonyl (C=O) groups excluding carboxylic acids is 2. The summed E-state index contributed by atoms with van der Waals surface area (Å²) in [5.41, 5.74) is 1.08. The van der Waals surface area contributed by atoms with Crippen LogP contribution in [-0.2, 0) is 9.53 Å². The lowest BCUT2D eigenvalue weighted by atomic mass is 10.1. The molecule has 1 aromatic rings. The maximum atomic E-state index is 12.1. The molecule has 0 amide bonds. The zero-order chi connectivity index (χ0) is 13.7. The number of aliphatic imine (C=N–C) groups is 1. The fourth-order valence-electron chi connectivity index (χ4n) is 1.53. The van der Waals surface area contributed by atoms with Gasteiger partial charge in [-0.15, -0.1) is 0 Å². The zero-order valence-electron chi connectivity index (χ0n) is 10.5. The van der Waals surface area contributed by atoms with E-state index in [4.69, 9.17) is 4.74 Å².